The van der Waals surface area contributed by atoms with E-state index in [2.05, 4.69) is 5.32 Å². The van der Waals surface area contributed by atoms with Crippen molar-refractivity contribution in [3.05, 3.63) is 53.0 Å². The van der Waals surface area contributed by atoms with Crippen LogP contribution in [0.15, 0.2) is 41.0 Å². The van der Waals surface area contributed by atoms with Gasteiger partial charge in [-0.3, -0.25) is 4.79 Å². The van der Waals surface area contributed by atoms with Gasteiger partial charge >= 0.3 is 0 Å². The number of nitrogens with one attached hydrogen (secondary N) is 1. The second-order valence-corrected chi connectivity index (χ2v) is 5.45. The number of amides is 1. The summed E-state index contributed by atoms with van der Waals surface area (Å²) in [6, 6.07) is 6.86. The molecule has 6 heteroatoms. The van der Waals surface area contributed by atoms with Gasteiger partial charge in [0.15, 0.2) is 11.5 Å². The van der Waals surface area contributed by atoms with E-state index in [9.17, 15) is 4.79 Å². The summed E-state index contributed by atoms with van der Waals surface area (Å²) in [6.45, 7) is 4.20. The highest BCUT2D eigenvalue weighted by atomic mass is 35.5. The number of halogens is 1. The third-order valence-corrected chi connectivity index (χ3v) is 3.58. The Kier molecular flexibility index (Phi) is 6.32. The number of methoxy groups -OCH3 is 1. The molecule has 1 aromatic carbocycles. The van der Waals surface area contributed by atoms with Gasteiger partial charge in [0.1, 0.15) is 5.76 Å². The van der Waals surface area contributed by atoms with Crippen molar-refractivity contribution in [2.45, 2.75) is 19.9 Å². The van der Waals surface area contributed by atoms with Crippen LogP contribution in [-0.4, -0.2) is 19.6 Å². The first-order valence-corrected chi connectivity index (χ1v) is 7.95. The van der Waals surface area contributed by atoms with Crippen molar-refractivity contribution < 1.29 is 18.7 Å². The summed E-state index contributed by atoms with van der Waals surface area (Å²) in [5.41, 5.74) is 0.737. The Morgan fingerprint density at radius 3 is 2.88 bits per heavy atom. The van der Waals surface area contributed by atoms with Gasteiger partial charge in [0.25, 0.3) is 0 Å². The molecule has 2 rings (SSSR count). The molecule has 24 heavy (non-hydrogen) atoms. The largest absolute Gasteiger partial charge is 0.493 e. The number of furan rings is 1. The second kappa shape index (κ2) is 8.45. The molecule has 0 radical (unpaired) electrons. The van der Waals surface area contributed by atoms with Crippen molar-refractivity contribution in [3.63, 3.8) is 0 Å². The average molecular weight is 350 g/mol. The quantitative estimate of drug-likeness (QED) is 0.760. The molecule has 1 aromatic heterocycles. The van der Waals surface area contributed by atoms with Crippen molar-refractivity contribution in [3.8, 4) is 11.5 Å². The van der Waals surface area contributed by atoms with Crippen LogP contribution in [0.2, 0.25) is 5.02 Å². The Hall–Kier alpha value is -2.40. The van der Waals surface area contributed by atoms with Crippen LogP contribution >= 0.6 is 11.6 Å². The third kappa shape index (κ3) is 4.55. The standard InChI is InChI=1S/C18H20ClNO4/c1-4-23-18-14(19)10-13(11-16(18)22-3)7-8-17(21)20-12(2)15-6-5-9-24-15/h5-12H,4H2,1-3H3,(H,20,21)/b8-7+/t12-/m1/s1. The molecule has 0 aliphatic carbocycles. The zero-order valence-electron chi connectivity index (χ0n) is 13.8. The van der Waals surface area contributed by atoms with Gasteiger partial charge in [0.2, 0.25) is 5.91 Å². The Labute approximate surface area is 146 Å². The Balaban J connectivity index is 2.08. The lowest BCUT2D eigenvalue weighted by atomic mass is 10.1. The van der Waals surface area contributed by atoms with Crippen LogP contribution < -0.4 is 14.8 Å². The molecule has 128 valence electrons. The molecule has 0 saturated carbocycles. The normalized spacial score (nSPS) is 12.2. The Bertz CT molecular complexity index is 710. The molecule has 0 fully saturated rings. The maximum atomic E-state index is 12.0. The molecule has 0 saturated heterocycles. The molecular weight excluding hydrogens is 330 g/mol. The third-order valence-electron chi connectivity index (χ3n) is 3.30. The first-order chi connectivity index (χ1) is 11.5. The topological polar surface area (TPSA) is 60.7 Å². The van der Waals surface area contributed by atoms with E-state index in [1.807, 2.05) is 19.9 Å². The fourth-order valence-electron chi connectivity index (χ4n) is 2.16. The van der Waals surface area contributed by atoms with Crippen molar-refractivity contribution in [1.29, 1.82) is 0 Å². The minimum Gasteiger partial charge on any atom is -0.493 e. The number of carbonyl (C=O) groups excluding carboxylic acids is 1. The Morgan fingerprint density at radius 2 is 2.25 bits per heavy atom. The first-order valence-electron chi connectivity index (χ1n) is 7.57. The summed E-state index contributed by atoms with van der Waals surface area (Å²) in [5.74, 6) is 1.48. The van der Waals surface area contributed by atoms with Crippen LogP contribution in [0.1, 0.15) is 31.2 Å². The fourth-order valence-corrected chi connectivity index (χ4v) is 2.44. The van der Waals surface area contributed by atoms with Gasteiger partial charge in [0, 0.05) is 6.08 Å². The molecule has 1 amide bonds. The maximum Gasteiger partial charge on any atom is 0.244 e. The van der Waals surface area contributed by atoms with Gasteiger partial charge in [-0.05, 0) is 49.8 Å². The van der Waals surface area contributed by atoms with Crippen LogP contribution in [0, 0.1) is 0 Å². The monoisotopic (exact) mass is 349 g/mol. The van der Waals surface area contributed by atoms with Gasteiger partial charge in [-0.1, -0.05) is 11.6 Å². The number of carbonyl (C=O) groups is 1. The summed E-state index contributed by atoms with van der Waals surface area (Å²) >= 11 is 6.21. The van der Waals surface area contributed by atoms with Crippen LogP contribution in [0.25, 0.3) is 6.08 Å². The van der Waals surface area contributed by atoms with E-state index in [1.165, 1.54) is 6.08 Å². The van der Waals surface area contributed by atoms with Crippen LogP contribution in [0.4, 0.5) is 0 Å². The van der Waals surface area contributed by atoms with Crippen LogP contribution in [0.3, 0.4) is 0 Å². The molecule has 2 aromatic rings. The molecule has 0 unspecified atom stereocenters. The van der Waals surface area contributed by atoms with E-state index in [4.69, 9.17) is 25.5 Å². The maximum absolute atomic E-state index is 12.0. The SMILES string of the molecule is CCOc1c(Cl)cc(/C=C/C(=O)N[C@H](C)c2ccco2)cc1OC. The summed E-state index contributed by atoms with van der Waals surface area (Å²) in [6.07, 6.45) is 4.67. The van der Waals surface area contributed by atoms with Crippen molar-refractivity contribution in [1.82, 2.24) is 5.32 Å². The molecule has 1 heterocycles. The summed E-state index contributed by atoms with van der Waals surface area (Å²) in [4.78, 5) is 12.0. The minimum absolute atomic E-state index is 0.212. The van der Waals surface area contributed by atoms with Crippen molar-refractivity contribution >= 4 is 23.6 Å². The number of rotatable bonds is 7. The zero-order chi connectivity index (χ0) is 17.5. The van der Waals surface area contributed by atoms with Gasteiger partial charge < -0.3 is 19.2 Å². The van der Waals surface area contributed by atoms with Crippen LogP contribution in [0.5, 0.6) is 11.5 Å². The highest BCUT2D eigenvalue weighted by Gasteiger charge is 2.12. The molecular formula is C18H20ClNO4. The predicted molar refractivity (Wildman–Crippen MR) is 93.5 cm³/mol. The Morgan fingerprint density at radius 1 is 1.46 bits per heavy atom. The second-order valence-electron chi connectivity index (χ2n) is 5.05. The van der Waals surface area contributed by atoms with Gasteiger partial charge in [-0.15, -0.1) is 0 Å². The molecule has 1 N–H and O–H groups in total. The minimum atomic E-state index is -0.233. The average Bonchev–Trinajstić information content (AvgIpc) is 3.09. The van der Waals surface area contributed by atoms with Gasteiger partial charge in [-0.25, -0.2) is 0 Å². The number of benzene rings is 1. The van der Waals surface area contributed by atoms with E-state index in [0.29, 0.717) is 28.9 Å². The molecule has 1 atom stereocenters. The highest BCUT2D eigenvalue weighted by Crippen LogP contribution is 2.36. The number of ether oxygens (including phenoxy) is 2. The van der Waals surface area contributed by atoms with Crippen LogP contribution in [-0.2, 0) is 4.79 Å². The van der Waals surface area contributed by atoms with E-state index >= 15 is 0 Å². The van der Waals surface area contributed by atoms with E-state index in [0.717, 1.165) is 5.56 Å². The molecule has 0 aliphatic heterocycles. The van der Waals surface area contributed by atoms with Crippen molar-refractivity contribution in [2.75, 3.05) is 13.7 Å². The van der Waals surface area contributed by atoms with Crippen molar-refractivity contribution in [2.24, 2.45) is 0 Å². The van der Waals surface area contributed by atoms with Gasteiger partial charge in [0.05, 0.1) is 31.0 Å². The van der Waals surface area contributed by atoms with E-state index in [-0.39, 0.29) is 11.9 Å². The number of hydrogen-bond acceptors (Lipinski definition) is 4. The number of hydrogen-bond donors (Lipinski definition) is 1. The molecule has 0 bridgehead atoms. The van der Waals surface area contributed by atoms with E-state index < -0.39 is 0 Å². The van der Waals surface area contributed by atoms with E-state index in [1.54, 1.807) is 37.6 Å². The van der Waals surface area contributed by atoms with Gasteiger partial charge in [-0.2, -0.15) is 0 Å². The summed E-state index contributed by atoms with van der Waals surface area (Å²) in [7, 11) is 1.54. The lowest BCUT2D eigenvalue weighted by Gasteiger charge is -2.12. The predicted octanol–water partition coefficient (Wildman–Crippen LogP) is 4.23. The molecule has 0 aliphatic rings. The lowest BCUT2D eigenvalue weighted by Crippen LogP contribution is -2.24. The molecule has 0 spiro atoms. The summed E-state index contributed by atoms with van der Waals surface area (Å²) < 4.78 is 16.0. The first kappa shape index (κ1) is 17.9. The zero-order valence-corrected chi connectivity index (χ0v) is 14.6. The highest BCUT2D eigenvalue weighted by molar-refractivity contribution is 6.32. The summed E-state index contributed by atoms with van der Waals surface area (Å²) in [5, 5.41) is 3.25. The lowest BCUT2D eigenvalue weighted by molar-refractivity contribution is -0.117. The molecule has 5 nitrogen and oxygen atoms in total. The fraction of sp³-hybridized carbons (Fsp3) is 0.278. The smallest absolute Gasteiger partial charge is 0.244 e.